The Kier molecular flexibility index (Phi) is 2.33. The molecule has 0 heterocycles. The second-order valence-electron chi connectivity index (χ2n) is 3.58. The van der Waals surface area contributed by atoms with E-state index in [0.29, 0.717) is 30.4 Å². The zero-order valence-corrected chi connectivity index (χ0v) is 8.08. The molecule has 0 aromatic carbocycles. The number of carbonyl (C=O) groups is 2. The highest BCUT2D eigenvalue weighted by atomic mass is 16.5. The van der Waals surface area contributed by atoms with Crippen molar-refractivity contribution < 1.29 is 14.3 Å². The maximum atomic E-state index is 11.5. The number of carbonyl (C=O) groups excluding carboxylic acids is 2. The summed E-state index contributed by atoms with van der Waals surface area (Å²) >= 11 is 0. The SMILES string of the molecule is COC1C=CC2=C(C1)C(=O)CCC2=O. The number of rotatable bonds is 1. The van der Waals surface area contributed by atoms with Gasteiger partial charge in [-0.25, -0.2) is 0 Å². The van der Waals surface area contributed by atoms with E-state index < -0.39 is 0 Å². The lowest BCUT2D eigenvalue weighted by Crippen LogP contribution is -2.25. The Hall–Kier alpha value is -1.22. The molecule has 3 heteroatoms. The average Bonchev–Trinajstić information content (AvgIpc) is 2.23. The van der Waals surface area contributed by atoms with Crippen LogP contribution in [-0.2, 0) is 14.3 Å². The van der Waals surface area contributed by atoms with Crippen LogP contribution in [0.4, 0.5) is 0 Å². The van der Waals surface area contributed by atoms with Gasteiger partial charge in [-0.05, 0) is 0 Å². The molecule has 0 aliphatic heterocycles. The highest BCUT2D eigenvalue weighted by Gasteiger charge is 2.28. The number of allylic oxidation sites excluding steroid dienone is 2. The molecule has 0 amide bonds. The van der Waals surface area contributed by atoms with Crippen molar-refractivity contribution in [3.05, 3.63) is 23.3 Å². The van der Waals surface area contributed by atoms with Crippen molar-refractivity contribution in [2.45, 2.75) is 25.4 Å². The van der Waals surface area contributed by atoms with Crippen LogP contribution in [0.3, 0.4) is 0 Å². The van der Waals surface area contributed by atoms with Gasteiger partial charge in [0.2, 0.25) is 0 Å². The van der Waals surface area contributed by atoms with Crippen LogP contribution in [0.15, 0.2) is 23.3 Å². The molecule has 0 N–H and O–H groups in total. The second kappa shape index (κ2) is 3.50. The fourth-order valence-corrected chi connectivity index (χ4v) is 1.88. The summed E-state index contributed by atoms with van der Waals surface area (Å²) in [5.74, 6) is 0.191. The van der Waals surface area contributed by atoms with Gasteiger partial charge in [0.1, 0.15) is 0 Å². The lowest BCUT2D eigenvalue weighted by molar-refractivity contribution is -0.122. The number of ether oxygens (including phenoxy) is 1. The molecule has 0 aromatic rings. The maximum absolute atomic E-state index is 11.5. The van der Waals surface area contributed by atoms with Crippen molar-refractivity contribution >= 4 is 11.6 Å². The zero-order chi connectivity index (χ0) is 10.1. The van der Waals surface area contributed by atoms with Crippen LogP contribution in [-0.4, -0.2) is 24.8 Å². The van der Waals surface area contributed by atoms with Gasteiger partial charge >= 0.3 is 0 Å². The molecule has 14 heavy (non-hydrogen) atoms. The third kappa shape index (κ3) is 1.44. The van der Waals surface area contributed by atoms with Crippen LogP contribution in [0.1, 0.15) is 19.3 Å². The van der Waals surface area contributed by atoms with E-state index in [9.17, 15) is 9.59 Å². The van der Waals surface area contributed by atoms with E-state index in [1.54, 1.807) is 13.2 Å². The van der Waals surface area contributed by atoms with Gasteiger partial charge in [0.05, 0.1) is 6.10 Å². The smallest absolute Gasteiger partial charge is 0.163 e. The lowest BCUT2D eigenvalue weighted by atomic mass is 9.83. The largest absolute Gasteiger partial charge is 0.377 e. The summed E-state index contributed by atoms with van der Waals surface area (Å²) in [4.78, 5) is 23.0. The fraction of sp³-hybridized carbons (Fsp3) is 0.455. The van der Waals surface area contributed by atoms with Crippen molar-refractivity contribution in [3.63, 3.8) is 0 Å². The Labute approximate surface area is 82.4 Å². The summed E-state index contributed by atoms with van der Waals surface area (Å²) in [5.41, 5.74) is 1.27. The molecule has 0 radical (unpaired) electrons. The van der Waals surface area contributed by atoms with Crippen LogP contribution in [0.5, 0.6) is 0 Å². The molecule has 0 aromatic heterocycles. The standard InChI is InChI=1S/C11H12O3/c1-14-7-2-3-8-9(6-7)11(13)5-4-10(8)12/h2-3,7H,4-6H2,1H3. The highest BCUT2D eigenvalue weighted by Crippen LogP contribution is 2.28. The predicted octanol–water partition coefficient (Wildman–Crippen LogP) is 1.19. The number of ketones is 2. The minimum atomic E-state index is -0.0522. The van der Waals surface area contributed by atoms with E-state index in [1.165, 1.54) is 0 Å². The monoisotopic (exact) mass is 192 g/mol. The van der Waals surface area contributed by atoms with Crippen LogP contribution in [0, 0.1) is 0 Å². The minimum absolute atomic E-state index is 0.0522. The Bertz CT molecular complexity index is 350. The van der Waals surface area contributed by atoms with Gasteiger partial charge < -0.3 is 4.74 Å². The van der Waals surface area contributed by atoms with E-state index in [-0.39, 0.29) is 17.7 Å². The summed E-state index contributed by atoms with van der Waals surface area (Å²) in [6, 6.07) is 0. The molecular formula is C11H12O3. The molecule has 3 nitrogen and oxygen atoms in total. The zero-order valence-electron chi connectivity index (χ0n) is 8.08. The minimum Gasteiger partial charge on any atom is -0.377 e. The summed E-state index contributed by atoms with van der Waals surface area (Å²) in [6.07, 6.45) is 4.79. The molecular weight excluding hydrogens is 180 g/mol. The van der Waals surface area contributed by atoms with E-state index in [4.69, 9.17) is 4.74 Å². The number of methoxy groups -OCH3 is 1. The van der Waals surface area contributed by atoms with E-state index in [2.05, 4.69) is 0 Å². The molecule has 0 saturated carbocycles. The third-order valence-corrected chi connectivity index (χ3v) is 2.73. The van der Waals surface area contributed by atoms with Crippen molar-refractivity contribution in [3.8, 4) is 0 Å². The molecule has 1 atom stereocenters. The van der Waals surface area contributed by atoms with Crippen LogP contribution in [0.25, 0.3) is 0 Å². The molecule has 2 rings (SSSR count). The van der Waals surface area contributed by atoms with Crippen molar-refractivity contribution in [2.75, 3.05) is 7.11 Å². The Morgan fingerprint density at radius 1 is 1.29 bits per heavy atom. The van der Waals surface area contributed by atoms with Gasteiger partial charge in [-0.3, -0.25) is 9.59 Å². The quantitative estimate of drug-likeness (QED) is 0.626. The number of hydrogen-bond donors (Lipinski definition) is 0. The average molecular weight is 192 g/mol. The normalized spacial score (nSPS) is 26.8. The molecule has 0 spiro atoms. The fourth-order valence-electron chi connectivity index (χ4n) is 1.88. The topological polar surface area (TPSA) is 43.4 Å². The van der Waals surface area contributed by atoms with Crippen LogP contribution < -0.4 is 0 Å². The predicted molar refractivity (Wildman–Crippen MR) is 50.8 cm³/mol. The van der Waals surface area contributed by atoms with Crippen molar-refractivity contribution in [1.29, 1.82) is 0 Å². The van der Waals surface area contributed by atoms with Crippen LogP contribution in [0.2, 0.25) is 0 Å². The molecule has 2 aliphatic rings. The summed E-state index contributed by atoms with van der Waals surface area (Å²) in [6.45, 7) is 0. The molecule has 0 bridgehead atoms. The Morgan fingerprint density at radius 2 is 2.00 bits per heavy atom. The summed E-state index contributed by atoms with van der Waals surface area (Å²) in [5, 5.41) is 0. The first-order valence-corrected chi connectivity index (χ1v) is 4.73. The second-order valence-corrected chi connectivity index (χ2v) is 3.58. The maximum Gasteiger partial charge on any atom is 0.163 e. The molecule has 74 valence electrons. The molecule has 1 unspecified atom stereocenters. The van der Waals surface area contributed by atoms with Gasteiger partial charge in [0.15, 0.2) is 11.6 Å². The van der Waals surface area contributed by atoms with E-state index >= 15 is 0 Å². The van der Waals surface area contributed by atoms with E-state index in [1.807, 2.05) is 6.08 Å². The van der Waals surface area contributed by atoms with Crippen molar-refractivity contribution in [1.82, 2.24) is 0 Å². The van der Waals surface area contributed by atoms with Gasteiger partial charge in [0, 0.05) is 37.5 Å². The number of hydrogen-bond acceptors (Lipinski definition) is 3. The first-order chi connectivity index (χ1) is 6.72. The molecule has 2 aliphatic carbocycles. The van der Waals surface area contributed by atoms with Gasteiger partial charge in [0.25, 0.3) is 0 Å². The van der Waals surface area contributed by atoms with E-state index in [0.717, 1.165) is 0 Å². The molecule has 0 saturated heterocycles. The first-order valence-electron chi connectivity index (χ1n) is 4.73. The summed E-state index contributed by atoms with van der Waals surface area (Å²) in [7, 11) is 1.61. The van der Waals surface area contributed by atoms with Gasteiger partial charge in [-0.1, -0.05) is 12.2 Å². The van der Waals surface area contributed by atoms with Gasteiger partial charge in [-0.15, -0.1) is 0 Å². The van der Waals surface area contributed by atoms with Gasteiger partial charge in [-0.2, -0.15) is 0 Å². The molecule has 0 fully saturated rings. The lowest BCUT2D eigenvalue weighted by Gasteiger charge is -2.23. The number of Topliss-reactive ketones (excluding diaryl/α,β-unsaturated/α-hetero) is 2. The van der Waals surface area contributed by atoms with Crippen molar-refractivity contribution in [2.24, 2.45) is 0 Å². The first kappa shape index (κ1) is 9.34. The highest BCUT2D eigenvalue weighted by molar-refractivity contribution is 6.13. The third-order valence-electron chi connectivity index (χ3n) is 2.73. The Balaban J connectivity index is 2.34. The summed E-state index contributed by atoms with van der Waals surface area (Å²) < 4.78 is 5.14. The van der Waals surface area contributed by atoms with Crippen LogP contribution >= 0.6 is 0 Å². The Morgan fingerprint density at radius 3 is 2.71 bits per heavy atom.